The topological polar surface area (TPSA) is 0 Å². The second-order valence-electron chi connectivity index (χ2n) is 4.41. The van der Waals surface area contributed by atoms with Crippen LogP contribution in [-0.4, -0.2) is 0 Å². The predicted octanol–water partition coefficient (Wildman–Crippen LogP) is 3.55. The van der Waals surface area contributed by atoms with Crippen LogP contribution in [0.4, 0.5) is 0 Å². The Labute approximate surface area is 75.4 Å². The van der Waals surface area contributed by atoms with Crippen LogP contribution in [0.5, 0.6) is 0 Å². The van der Waals surface area contributed by atoms with Gasteiger partial charge in [0.05, 0.1) is 0 Å². The van der Waals surface area contributed by atoms with Crippen molar-refractivity contribution < 1.29 is 0 Å². The molecule has 0 radical (unpaired) electrons. The van der Waals surface area contributed by atoms with E-state index in [9.17, 15) is 0 Å². The standard InChI is InChI=1S/C12H18/c1-9(2)11-7-3-5-10-6-4-8-12(10)11/h3,5,7,9-10,12H,4,6,8H2,1-2H3/t10-,12+/m1/s1. The SMILES string of the molecule is CC(C)C1=CC=C[C@@H]2CCC[C@H]12. The minimum Gasteiger partial charge on any atom is -0.0808 e. The lowest BCUT2D eigenvalue weighted by Gasteiger charge is -2.25. The summed E-state index contributed by atoms with van der Waals surface area (Å²) in [5, 5.41) is 0. The highest BCUT2D eigenvalue weighted by Crippen LogP contribution is 2.42. The Hall–Kier alpha value is -0.520. The fraction of sp³-hybridized carbons (Fsp3) is 0.667. The first-order chi connectivity index (χ1) is 5.79. The molecule has 2 aliphatic rings. The Kier molecular flexibility index (Phi) is 2.08. The number of hydrogen-bond donors (Lipinski definition) is 0. The van der Waals surface area contributed by atoms with Crippen molar-refractivity contribution in [3.8, 4) is 0 Å². The molecule has 0 aliphatic heterocycles. The highest BCUT2D eigenvalue weighted by atomic mass is 14.3. The Bertz CT molecular complexity index is 220. The fourth-order valence-corrected chi connectivity index (χ4v) is 2.69. The maximum Gasteiger partial charge on any atom is -0.0134 e. The van der Waals surface area contributed by atoms with Gasteiger partial charge in [-0.2, -0.15) is 0 Å². The van der Waals surface area contributed by atoms with Gasteiger partial charge in [-0.05, 0) is 30.6 Å². The summed E-state index contributed by atoms with van der Waals surface area (Å²) in [5.74, 6) is 2.53. The van der Waals surface area contributed by atoms with E-state index in [-0.39, 0.29) is 0 Å². The molecule has 0 nitrogen and oxygen atoms in total. The van der Waals surface area contributed by atoms with Gasteiger partial charge in [0.2, 0.25) is 0 Å². The van der Waals surface area contributed by atoms with Crippen LogP contribution in [0.15, 0.2) is 23.8 Å². The van der Waals surface area contributed by atoms with E-state index in [0.29, 0.717) is 0 Å². The normalized spacial score (nSPS) is 33.8. The first-order valence-electron chi connectivity index (χ1n) is 5.17. The van der Waals surface area contributed by atoms with Crippen LogP contribution in [0, 0.1) is 17.8 Å². The number of allylic oxidation sites excluding steroid dienone is 4. The fourth-order valence-electron chi connectivity index (χ4n) is 2.69. The third-order valence-corrected chi connectivity index (χ3v) is 3.31. The molecule has 66 valence electrons. The van der Waals surface area contributed by atoms with Crippen molar-refractivity contribution in [2.45, 2.75) is 33.1 Å². The van der Waals surface area contributed by atoms with Crippen LogP contribution in [0.2, 0.25) is 0 Å². The number of fused-ring (bicyclic) bond motifs is 1. The van der Waals surface area contributed by atoms with Gasteiger partial charge >= 0.3 is 0 Å². The molecule has 0 heteroatoms. The van der Waals surface area contributed by atoms with Gasteiger partial charge in [-0.25, -0.2) is 0 Å². The van der Waals surface area contributed by atoms with Crippen LogP contribution in [0.3, 0.4) is 0 Å². The molecule has 0 heterocycles. The van der Waals surface area contributed by atoms with Gasteiger partial charge in [0.15, 0.2) is 0 Å². The molecule has 0 amide bonds. The molecule has 2 atom stereocenters. The van der Waals surface area contributed by atoms with E-state index in [1.54, 1.807) is 5.57 Å². The number of hydrogen-bond acceptors (Lipinski definition) is 0. The van der Waals surface area contributed by atoms with Gasteiger partial charge in [0, 0.05) is 0 Å². The van der Waals surface area contributed by atoms with Crippen LogP contribution >= 0.6 is 0 Å². The summed E-state index contributed by atoms with van der Waals surface area (Å²) in [4.78, 5) is 0. The molecule has 0 N–H and O–H groups in total. The van der Waals surface area contributed by atoms with Gasteiger partial charge in [-0.1, -0.05) is 44.1 Å². The third-order valence-electron chi connectivity index (χ3n) is 3.31. The molecule has 0 saturated heterocycles. The smallest absolute Gasteiger partial charge is 0.0134 e. The number of rotatable bonds is 1. The lowest BCUT2D eigenvalue weighted by atomic mass is 9.80. The molecular formula is C12H18. The molecule has 1 saturated carbocycles. The molecule has 2 aliphatic carbocycles. The monoisotopic (exact) mass is 162 g/mol. The van der Waals surface area contributed by atoms with Crippen molar-refractivity contribution in [1.29, 1.82) is 0 Å². The van der Waals surface area contributed by atoms with Gasteiger partial charge in [-0.3, -0.25) is 0 Å². The minimum absolute atomic E-state index is 0.751. The summed E-state index contributed by atoms with van der Waals surface area (Å²) in [6, 6.07) is 0. The van der Waals surface area contributed by atoms with Crippen molar-refractivity contribution in [2.24, 2.45) is 17.8 Å². The van der Waals surface area contributed by atoms with Gasteiger partial charge < -0.3 is 0 Å². The highest BCUT2D eigenvalue weighted by molar-refractivity contribution is 5.25. The molecular weight excluding hydrogens is 144 g/mol. The Morgan fingerprint density at radius 1 is 1.33 bits per heavy atom. The van der Waals surface area contributed by atoms with Crippen LogP contribution < -0.4 is 0 Å². The zero-order valence-corrected chi connectivity index (χ0v) is 8.09. The largest absolute Gasteiger partial charge is 0.0808 e. The van der Waals surface area contributed by atoms with Crippen molar-refractivity contribution in [3.63, 3.8) is 0 Å². The summed E-state index contributed by atoms with van der Waals surface area (Å²) >= 11 is 0. The second kappa shape index (κ2) is 3.08. The van der Waals surface area contributed by atoms with E-state index in [4.69, 9.17) is 0 Å². The molecule has 1 fully saturated rings. The maximum atomic E-state index is 2.41. The zero-order valence-electron chi connectivity index (χ0n) is 8.09. The lowest BCUT2D eigenvalue weighted by molar-refractivity contribution is 0.475. The molecule has 0 unspecified atom stereocenters. The summed E-state index contributed by atoms with van der Waals surface area (Å²) < 4.78 is 0. The van der Waals surface area contributed by atoms with Crippen molar-refractivity contribution >= 4 is 0 Å². The van der Waals surface area contributed by atoms with E-state index >= 15 is 0 Å². The first kappa shape index (κ1) is 8.10. The highest BCUT2D eigenvalue weighted by Gasteiger charge is 2.30. The second-order valence-corrected chi connectivity index (χ2v) is 4.41. The lowest BCUT2D eigenvalue weighted by Crippen LogP contribution is -2.14. The Balaban J connectivity index is 2.21. The van der Waals surface area contributed by atoms with Crippen LogP contribution in [-0.2, 0) is 0 Å². The Morgan fingerprint density at radius 3 is 2.92 bits per heavy atom. The zero-order chi connectivity index (χ0) is 8.55. The molecule has 2 rings (SSSR count). The molecule has 0 bridgehead atoms. The molecule has 0 aromatic carbocycles. The predicted molar refractivity (Wildman–Crippen MR) is 52.9 cm³/mol. The van der Waals surface area contributed by atoms with E-state index in [1.165, 1.54) is 19.3 Å². The summed E-state index contributed by atoms with van der Waals surface area (Å²) in [5.41, 5.74) is 1.69. The van der Waals surface area contributed by atoms with Gasteiger partial charge in [0.25, 0.3) is 0 Å². The van der Waals surface area contributed by atoms with Crippen LogP contribution in [0.25, 0.3) is 0 Å². The van der Waals surface area contributed by atoms with Crippen molar-refractivity contribution in [3.05, 3.63) is 23.8 Å². The van der Waals surface area contributed by atoms with Crippen LogP contribution in [0.1, 0.15) is 33.1 Å². The summed E-state index contributed by atoms with van der Waals surface area (Å²) in [6.07, 6.45) is 11.3. The van der Waals surface area contributed by atoms with E-state index in [0.717, 1.165) is 17.8 Å². The van der Waals surface area contributed by atoms with Crippen molar-refractivity contribution in [1.82, 2.24) is 0 Å². The maximum absolute atomic E-state index is 2.41. The molecule has 0 aromatic rings. The molecule has 12 heavy (non-hydrogen) atoms. The molecule has 0 aromatic heterocycles. The summed E-state index contributed by atoms with van der Waals surface area (Å²) in [6.45, 7) is 4.64. The quantitative estimate of drug-likeness (QED) is 0.553. The van der Waals surface area contributed by atoms with Crippen molar-refractivity contribution in [2.75, 3.05) is 0 Å². The average Bonchev–Trinajstić information content (AvgIpc) is 2.49. The van der Waals surface area contributed by atoms with E-state index in [2.05, 4.69) is 32.1 Å². The van der Waals surface area contributed by atoms with Gasteiger partial charge in [-0.15, -0.1) is 0 Å². The summed E-state index contributed by atoms with van der Waals surface area (Å²) in [7, 11) is 0. The van der Waals surface area contributed by atoms with Gasteiger partial charge in [0.1, 0.15) is 0 Å². The van der Waals surface area contributed by atoms with E-state index < -0.39 is 0 Å². The minimum atomic E-state index is 0.751. The molecule has 0 spiro atoms. The van der Waals surface area contributed by atoms with E-state index in [1.807, 2.05) is 0 Å². The third kappa shape index (κ3) is 1.24. The average molecular weight is 162 g/mol. The first-order valence-corrected chi connectivity index (χ1v) is 5.17. The Morgan fingerprint density at radius 2 is 2.17 bits per heavy atom.